The summed E-state index contributed by atoms with van der Waals surface area (Å²) in [6.45, 7) is -2.80. The molecule has 0 spiro atoms. The van der Waals surface area contributed by atoms with Gasteiger partial charge in [0.2, 0.25) is 59.1 Å². The number of carbonyl (C=O) groups is 13. The molecule has 6 atom stereocenters. The average molecular weight is 1340 g/mol. The molecule has 2 heterocycles. The maximum Gasteiger partial charge on any atom is 0.317 e. The monoisotopic (exact) mass is 1340 g/mol. The van der Waals surface area contributed by atoms with E-state index in [1.165, 1.54) is 70.9 Å². The van der Waals surface area contributed by atoms with E-state index >= 15 is 0 Å². The van der Waals surface area contributed by atoms with E-state index in [4.69, 9.17) is 15.2 Å². The highest BCUT2D eigenvalue weighted by atomic mass is 16.5. The SMILES string of the molecule is CCCCC(NC(=O)C(CNC(=O)CN(CC(=O)O)CC(=O)O)NC(=O)C(Cc1c[nH]cn1)NC(=O)C(CCC(N)=O)NC(=O)C(CO)NC(=O)[C@H](CCC(=O)O)NC(=O)COCCOCCNC(=O)CCCCCCCCCCCCCCCC1=NNNN1)C(=O)NC. The number of hydrogen-bond donors (Lipinski definition) is 18. The van der Waals surface area contributed by atoms with Gasteiger partial charge in [0, 0.05) is 58.4 Å². The Bertz CT molecular complexity index is 2550. The first-order valence-corrected chi connectivity index (χ1v) is 31.8. The number of aromatic nitrogens is 2. The number of carboxylic acids is 3. The number of carbonyl (C=O) groups excluding carboxylic acids is 10. The second-order valence-corrected chi connectivity index (χ2v) is 22.3. The van der Waals surface area contributed by atoms with Crippen LogP contribution in [0, 0.1) is 0 Å². The van der Waals surface area contributed by atoms with Crippen LogP contribution < -0.4 is 70.1 Å². The smallest absolute Gasteiger partial charge is 0.317 e. The van der Waals surface area contributed by atoms with E-state index in [1.807, 2.05) is 6.92 Å². The van der Waals surface area contributed by atoms with E-state index in [1.54, 1.807) is 0 Å². The molecule has 1 aliphatic heterocycles. The van der Waals surface area contributed by atoms with E-state index in [9.17, 15) is 82.8 Å². The maximum absolute atomic E-state index is 14.3. The maximum atomic E-state index is 14.3. The number of aliphatic hydroxyl groups is 1. The van der Waals surface area contributed by atoms with Gasteiger partial charge in [-0.05, 0) is 32.1 Å². The van der Waals surface area contributed by atoms with Crippen LogP contribution in [-0.4, -0.2) is 227 Å². The molecule has 5 unspecified atom stereocenters. The van der Waals surface area contributed by atoms with Crippen LogP contribution in [-0.2, 0) is 78.2 Å². The molecule has 36 heteroatoms. The van der Waals surface area contributed by atoms with Crippen molar-refractivity contribution in [1.29, 1.82) is 0 Å². The van der Waals surface area contributed by atoms with Crippen LogP contribution in [0.15, 0.2) is 17.6 Å². The minimum absolute atomic E-state index is 0.0291. The number of carboxylic acid groups (broad SMARTS) is 3. The van der Waals surface area contributed by atoms with Crippen molar-refractivity contribution in [3.8, 4) is 0 Å². The normalized spacial score (nSPS) is 13.6. The number of imidazole rings is 1. The number of aliphatic carboxylic acids is 3. The predicted molar refractivity (Wildman–Crippen MR) is 335 cm³/mol. The van der Waals surface area contributed by atoms with Gasteiger partial charge in [0.1, 0.15) is 48.7 Å². The van der Waals surface area contributed by atoms with Crippen molar-refractivity contribution in [2.24, 2.45) is 10.8 Å². The molecule has 10 amide bonds. The summed E-state index contributed by atoms with van der Waals surface area (Å²) in [4.78, 5) is 175. The number of hydrazine groups is 2. The van der Waals surface area contributed by atoms with E-state index in [2.05, 4.69) is 79.4 Å². The summed E-state index contributed by atoms with van der Waals surface area (Å²) in [5.41, 5.74) is 13.9. The lowest BCUT2D eigenvalue weighted by atomic mass is 10.0. The third-order valence-corrected chi connectivity index (χ3v) is 14.4. The first-order chi connectivity index (χ1) is 45.0. The number of nitrogens with one attached hydrogen (secondary N) is 13. The lowest BCUT2D eigenvalue weighted by Gasteiger charge is -2.27. The van der Waals surface area contributed by atoms with Crippen molar-refractivity contribution in [2.45, 2.75) is 191 Å². The van der Waals surface area contributed by atoms with Gasteiger partial charge in [0.05, 0.1) is 58.1 Å². The highest BCUT2D eigenvalue weighted by Gasteiger charge is 2.35. The topological polar surface area (TPSA) is 536 Å². The third-order valence-electron chi connectivity index (χ3n) is 14.4. The van der Waals surface area contributed by atoms with Gasteiger partial charge in [0.25, 0.3) is 0 Å². The van der Waals surface area contributed by atoms with Gasteiger partial charge in [-0.2, -0.15) is 0 Å². The second-order valence-electron chi connectivity index (χ2n) is 22.3. The number of primary amides is 1. The van der Waals surface area contributed by atoms with E-state index in [-0.39, 0.29) is 44.4 Å². The van der Waals surface area contributed by atoms with Crippen molar-refractivity contribution in [3.05, 3.63) is 18.2 Å². The fraction of sp³-hybridized carbons (Fsp3) is 0.707. The highest BCUT2D eigenvalue weighted by molar-refractivity contribution is 5.98. The molecule has 94 heavy (non-hydrogen) atoms. The Morgan fingerprint density at radius 1 is 0.553 bits per heavy atom. The number of hydrogen-bond acceptors (Lipinski definition) is 22. The molecule has 0 radical (unpaired) electrons. The van der Waals surface area contributed by atoms with E-state index in [0.717, 1.165) is 49.3 Å². The minimum atomic E-state index is -1.89. The molecule has 36 nitrogen and oxygen atoms in total. The van der Waals surface area contributed by atoms with Crippen molar-refractivity contribution >= 4 is 82.8 Å². The Morgan fingerprint density at radius 2 is 1.09 bits per heavy atom. The molecule has 1 aromatic rings. The number of amides is 10. The molecule has 0 fully saturated rings. The number of unbranched alkanes of at least 4 members (excludes halogenated alkanes) is 13. The van der Waals surface area contributed by atoms with Crippen molar-refractivity contribution in [3.63, 3.8) is 0 Å². The predicted octanol–water partition coefficient (Wildman–Crippen LogP) is -3.57. The molecule has 2 rings (SSSR count). The quantitative estimate of drug-likeness (QED) is 0.0281. The van der Waals surface area contributed by atoms with Gasteiger partial charge in [-0.25, -0.2) is 10.5 Å². The number of nitrogens with zero attached hydrogens (tertiary/aromatic N) is 3. The summed E-state index contributed by atoms with van der Waals surface area (Å²) < 4.78 is 10.8. The largest absolute Gasteiger partial charge is 0.481 e. The fourth-order valence-electron chi connectivity index (χ4n) is 9.39. The van der Waals surface area contributed by atoms with Gasteiger partial charge in [-0.3, -0.25) is 72.7 Å². The van der Waals surface area contributed by atoms with Gasteiger partial charge in [0.15, 0.2) is 0 Å². The number of aromatic amines is 1. The van der Waals surface area contributed by atoms with Crippen LogP contribution in [0.4, 0.5) is 0 Å². The molecule has 1 aromatic heterocycles. The molecule has 0 saturated carbocycles. The van der Waals surface area contributed by atoms with Crippen LogP contribution in [0.5, 0.6) is 0 Å². The number of nitrogens with two attached hydrogens (primary N) is 1. The second kappa shape index (κ2) is 49.0. The van der Waals surface area contributed by atoms with E-state index in [0.29, 0.717) is 19.3 Å². The number of hydrazone groups is 1. The highest BCUT2D eigenvalue weighted by Crippen LogP contribution is 2.14. The number of amidine groups is 1. The molecule has 19 N–H and O–H groups in total. The molecule has 0 aromatic carbocycles. The van der Waals surface area contributed by atoms with Gasteiger partial charge in [-0.1, -0.05) is 90.4 Å². The van der Waals surface area contributed by atoms with Crippen LogP contribution in [0.1, 0.15) is 154 Å². The fourth-order valence-corrected chi connectivity index (χ4v) is 9.39. The third kappa shape index (κ3) is 38.4. The summed E-state index contributed by atoms with van der Waals surface area (Å²) in [5, 5.41) is 64.0. The Kier molecular flexibility index (Phi) is 42.5. The van der Waals surface area contributed by atoms with Crippen LogP contribution in [0.3, 0.4) is 0 Å². The average Bonchev–Trinajstić information content (AvgIpc) is 1.13. The lowest BCUT2D eigenvalue weighted by Crippen LogP contribution is -2.62. The van der Waals surface area contributed by atoms with Gasteiger partial charge >= 0.3 is 17.9 Å². The lowest BCUT2D eigenvalue weighted by molar-refractivity contribution is -0.143. The molecule has 530 valence electrons. The number of aliphatic hydroxyl groups excluding tert-OH is 1. The zero-order chi connectivity index (χ0) is 69.5. The van der Waals surface area contributed by atoms with Crippen molar-refractivity contribution in [2.75, 3.05) is 72.8 Å². The van der Waals surface area contributed by atoms with Crippen LogP contribution >= 0.6 is 0 Å². The number of ether oxygens (including phenoxy) is 2. The van der Waals surface area contributed by atoms with Crippen LogP contribution in [0.2, 0.25) is 0 Å². The molecule has 0 aliphatic carbocycles. The molecular formula is C58H99N17O19. The Balaban J connectivity index is 1.99. The zero-order valence-corrected chi connectivity index (χ0v) is 53.8. The standard InChI is InChI=1S/C58H99N17O19/c1-3-4-18-39(53(87)60-2)66-57(91)43(31-63-48(79)32-75(33-51(83)84)34-52(85)86)69-56(90)42(29-38-30-61-37-64-38)68-55(89)41(21-23-45(59)77)67-58(92)44(35-76)70-54(88)40(22-24-50(81)82)65-49(80)36-94-28-27-93-26-25-62-47(78)20-17-15-13-11-9-7-5-6-8-10-12-14-16-19-46-71-73-74-72-46/h30,37,39-44,73-74,76H,3-29,31-36H2,1-2H3,(H2,59,77)(H,60,87)(H,61,64)(H,62,78)(H,63,79)(H,65,80)(H,66,91)(H,67,92)(H,68,89)(H,69,90)(H,70,88)(H,71,72)(H,81,82)(H,83,84)(H,85,86)/t39?,40-,41?,42?,43?,44?/m0/s1. The number of likely N-dealkylation sites (N-methyl/N-ethyl adjacent to an activating group) is 1. The summed E-state index contributed by atoms with van der Waals surface area (Å²) in [6, 6.07) is -9.87. The molecule has 1 aliphatic rings. The van der Waals surface area contributed by atoms with Gasteiger partial charge in [-0.15, -0.1) is 10.6 Å². The first kappa shape index (κ1) is 81.5. The minimum Gasteiger partial charge on any atom is -0.481 e. The summed E-state index contributed by atoms with van der Waals surface area (Å²) in [5.74, 6) is -12.5. The van der Waals surface area contributed by atoms with Crippen molar-refractivity contribution in [1.82, 2.24) is 79.2 Å². The zero-order valence-electron chi connectivity index (χ0n) is 53.8. The van der Waals surface area contributed by atoms with Crippen molar-refractivity contribution < 1.29 is 92.2 Å². The Morgan fingerprint density at radius 3 is 1.64 bits per heavy atom. The Hall–Kier alpha value is -8.61. The van der Waals surface area contributed by atoms with Crippen LogP contribution in [0.25, 0.3) is 0 Å². The summed E-state index contributed by atoms with van der Waals surface area (Å²) in [6.07, 6.45) is 17.5. The molecule has 0 bridgehead atoms. The Labute approximate surface area is 545 Å². The van der Waals surface area contributed by atoms with Gasteiger partial charge < -0.3 is 88.5 Å². The number of rotatable bonds is 56. The molecule has 0 saturated heterocycles. The number of H-pyrrole nitrogens is 1. The molecular weight excluding hydrogens is 1240 g/mol. The summed E-state index contributed by atoms with van der Waals surface area (Å²) in [7, 11) is 1.32. The summed E-state index contributed by atoms with van der Waals surface area (Å²) >= 11 is 0. The van der Waals surface area contributed by atoms with E-state index < -0.39 is 179 Å². The first-order valence-electron chi connectivity index (χ1n) is 31.8.